The standard InChI is InChI=1S/C18H32N2O4/c1-17(2,3)24-16(21)20-9-7-15(13-20)19-8-5-6-14(12-19)18(4)22-10-11-23-18/h14-15H,5-13H2,1-4H3. The zero-order valence-electron chi connectivity index (χ0n) is 15.5. The van der Waals surface area contributed by atoms with Crippen molar-refractivity contribution in [2.75, 3.05) is 39.4 Å². The van der Waals surface area contributed by atoms with E-state index in [0.29, 0.717) is 25.2 Å². The topological polar surface area (TPSA) is 51.2 Å². The first-order valence-corrected chi connectivity index (χ1v) is 9.27. The Labute approximate surface area is 145 Å². The first-order valence-electron chi connectivity index (χ1n) is 9.27. The molecule has 0 aromatic heterocycles. The molecular formula is C18H32N2O4. The van der Waals surface area contributed by atoms with Gasteiger partial charge in [0.15, 0.2) is 5.79 Å². The molecule has 0 aromatic rings. The first-order chi connectivity index (χ1) is 11.3. The number of amides is 1. The molecule has 6 nitrogen and oxygen atoms in total. The van der Waals surface area contributed by atoms with Crippen LogP contribution in [0.2, 0.25) is 0 Å². The van der Waals surface area contributed by atoms with Crippen LogP contribution in [0.3, 0.4) is 0 Å². The highest BCUT2D eigenvalue weighted by Crippen LogP contribution is 2.35. The molecule has 1 amide bonds. The molecule has 2 unspecified atom stereocenters. The van der Waals surface area contributed by atoms with Gasteiger partial charge in [-0.25, -0.2) is 4.79 Å². The average Bonchev–Trinajstić information content (AvgIpc) is 3.15. The van der Waals surface area contributed by atoms with Gasteiger partial charge in [0.25, 0.3) is 0 Å². The molecule has 3 aliphatic heterocycles. The second-order valence-corrected chi connectivity index (χ2v) is 8.42. The second-order valence-electron chi connectivity index (χ2n) is 8.42. The third-order valence-electron chi connectivity index (χ3n) is 5.39. The zero-order chi connectivity index (χ0) is 17.4. The van der Waals surface area contributed by atoms with Gasteiger partial charge in [0.2, 0.25) is 0 Å². The molecule has 3 heterocycles. The maximum absolute atomic E-state index is 12.3. The molecule has 6 heteroatoms. The van der Waals surface area contributed by atoms with Crippen molar-refractivity contribution in [1.82, 2.24) is 9.80 Å². The Kier molecular flexibility index (Phi) is 5.09. The molecule has 138 valence electrons. The highest BCUT2D eigenvalue weighted by Gasteiger charge is 2.43. The maximum Gasteiger partial charge on any atom is 0.410 e. The Morgan fingerprint density at radius 3 is 2.50 bits per heavy atom. The van der Waals surface area contributed by atoms with Crippen molar-refractivity contribution in [3.63, 3.8) is 0 Å². The van der Waals surface area contributed by atoms with E-state index in [-0.39, 0.29) is 6.09 Å². The second kappa shape index (κ2) is 6.81. The van der Waals surface area contributed by atoms with Gasteiger partial charge in [0.1, 0.15) is 5.60 Å². The number of hydrogen-bond acceptors (Lipinski definition) is 5. The van der Waals surface area contributed by atoms with E-state index >= 15 is 0 Å². The number of hydrogen-bond donors (Lipinski definition) is 0. The number of piperidine rings is 1. The van der Waals surface area contributed by atoms with Gasteiger partial charge in [-0.15, -0.1) is 0 Å². The number of likely N-dealkylation sites (tertiary alicyclic amines) is 2. The minimum atomic E-state index is -0.433. The van der Waals surface area contributed by atoms with Crippen molar-refractivity contribution >= 4 is 6.09 Å². The highest BCUT2D eigenvalue weighted by molar-refractivity contribution is 5.68. The van der Waals surface area contributed by atoms with Gasteiger partial charge in [-0.1, -0.05) is 0 Å². The maximum atomic E-state index is 12.3. The molecule has 3 saturated heterocycles. The number of carbonyl (C=O) groups is 1. The van der Waals surface area contributed by atoms with Gasteiger partial charge in [0, 0.05) is 31.6 Å². The summed E-state index contributed by atoms with van der Waals surface area (Å²) in [6.45, 7) is 12.8. The van der Waals surface area contributed by atoms with Crippen LogP contribution in [0.1, 0.15) is 47.0 Å². The summed E-state index contributed by atoms with van der Waals surface area (Å²) in [5, 5.41) is 0. The van der Waals surface area contributed by atoms with Gasteiger partial charge in [0.05, 0.1) is 13.2 Å². The fourth-order valence-electron chi connectivity index (χ4n) is 4.06. The Hall–Kier alpha value is -0.850. The summed E-state index contributed by atoms with van der Waals surface area (Å²) in [6.07, 6.45) is 3.14. The van der Waals surface area contributed by atoms with Crippen molar-refractivity contribution in [1.29, 1.82) is 0 Å². The van der Waals surface area contributed by atoms with Gasteiger partial charge in [-0.2, -0.15) is 0 Å². The first kappa shape index (κ1) is 18.0. The normalized spacial score (nSPS) is 31.4. The summed E-state index contributed by atoms with van der Waals surface area (Å²) in [5.41, 5.74) is -0.433. The Morgan fingerprint density at radius 1 is 1.12 bits per heavy atom. The number of ether oxygens (including phenoxy) is 3. The van der Waals surface area contributed by atoms with Crippen LogP contribution in [-0.4, -0.2) is 72.7 Å². The van der Waals surface area contributed by atoms with E-state index in [1.54, 1.807) is 0 Å². The van der Waals surface area contributed by atoms with Crippen LogP contribution in [0.15, 0.2) is 0 Å². The molecule has 2 atom stereocenters. The summed E-state index contributed by atoms with van der Waals surface area (Å²) in [7, 11) is 0. The fraction of sp³-hybridized carbons (Fsp3) is 0.944. The van der Waals surface area contributed by atoms with Crippen LogP contribution in [0, 0.1) is 5.92 Å². The summed E-state index contributed by atoms with van der Waals surface area (Å²) >= 11 is 0. The average molecular weight is 340 g/mol. The predicted octanol–water partition coefficient (Wildman–Crippen LogP) is 2.47. The van der Waals surface area contributed by atoms with Crippen molar-refractivity contribution < 1.29 is 19.0 Å². The van der Waals surface area contributed by atoms with E-state index in [9.17, 15) is 4.79 Å². The molecule has 3 rings (SSSR count). The number of rotatable bonds is 2. The monoisotopic (exact) mass is 340 g/mol. The van der Waals surface area contributed by atoms with Gasteiger partial charge < -0.3 is 19.1 Å². The van der Waals surface area contributed by atoms with Crippen molar-refractivity contribution in [3.8, 4) is 0 Å². The van der Waals surface area contributed by atoms with Gasteiger partial charge in [-0.05, 0) is 53.5 Å². The Bertz CT molecular complexity index is 456. The zero-order valence-corrected chi connectivity index (χ0v) is 15.5. The molecule has 3 fully saturated rings. The highest BCUT2D eigenvalue weighted by atomic mass is 16.7. The Morgan fingerprint density at radius 2 is 1.83 bits per heavy atom. The van der Waals surface area contributed by atoms with Crippen LogP contribution >= 0.6 is 0 Å². The van der Waals surface area contributed by atoms with E-state index in [1.807, 2.05) is 25.7 Å². The molecule has 0 aromatic carbocycles. The molecule has 0 aliphatic carbocycles. The van der Waals surface area contributed by atoms with Crippen LogP contribution in [-0.2, 0) is 14.2 Å². The summed E-state index contributed by atoms with van der Waals surface area (Å²) in [6, 6.07) is 0.422. The molecule has 0 radical (unpaired) electrons. The molecular weight excluding hydrogens is 308 g/mol. The summed E-state index contributed by atoms with van der Waals surface area (Å²) in [5.74, 6) is -0.0217. The van der Waals surface area contributed by atoms with E-state index in [1.165, 1.54) is 0 Å². The van der Waals surface area contributed by atoms with E-state index in [2.05, 4.69) is 11.8 Å². The lowest BCUT2D eigenvalue weighted by atomic mass is 9.89. The molecule has 0 spiro atoms. The minimum Gasteiger partial charge on any atom is -0.444 e. The van der Waals surface area contributed by atoms with Crippen LogP contribution < -0.4 is 0 Å². The SMILES string of the molecule is CC(C)(C)OC(=O)N1CCC(N2CCCC(C3(C)OCCO3)C2)C1. The van der Waals surface area contributed by atoms with E-state index in [4.69, 9.17) is 14.2 Å². The Balaban J connectivity index is 1.54. The van der Waals surface area contributed by atoms with Crippen LogP contribution in [0.4, 0.5) is 4.79 Å². The van der Waals surface area contributed by atoms with Crippen molar-refractivity contribution in [2.45, 2.75) is 64.4 Å². The van der Waals surface area contributed by atoms with E-state index < -0.39 is 11.4 Å². The molecule has 3 aliphatic rings. The predicted molar refractivity (Wildman–Crippen MR) is 90.8 cm³/mol. The third kappa shape index (κ3) is 4.03. The van der Waals surface area contributed by atoms with Gasteiger partial charge in [-0.3, -0.25) is 4.90 Å². The quantitative estimate of drug-likeness (QED) is 0.773. The molecule has 0 N–H and O–H groups in total. The summed E-state index contributed by atoms with van der Waals surface area (Å²) < 4.78 is 17.2. The lowest BCUT2D eigenvalue weighted by Crippen LogP contribution is -2.51. The van der Waals surface area contributed by atoms with Crippen LogP contribution in [0.5, 0.6) is 0 Å². The fourth-order valence-corrected chi connectivity index (χ4v) is 4.06. The lowest BCUT2D eigenvalue weighted by molar-refractivity contribution is -0.193. The largest absolute Gasteiger partial charge is 0.444 e. The smallest absolute Gasteiger partial charge is 0.410 e. The third-order valence-corrected chi connectivity index (χ3v) is 5.39. The lowest BCUT2D eigenvalue weighted by Gasteiger charge is -2.42. The van der Waals surface area contributed by atoms with Crippen LogP contribution in [0.25, 0.3) is 0 Å². The van der Waals surface area contributed by atoms with Crippen molar-refractivity contribution in [2.24, 2.45) is 5.92 Å². The number of carbonyl (C=O) groups excluding carboxylic acids is 1. The molecule has 0 saturated carbocycles. The minimum absolute atomic E-state index is 0.187. The number of nitrogens with zero attached hydrogens (tertiary/aromatic N) is 2. The van der Waals surface area contributed by atoms with Gasteiger partial charge >= 0.3 is 6.09 Å². The molecule has 0 bridgehead atoms. The summed E-state index contributed by atoms with van der Waals surface area (Å²) in [4.78, 5) is 16.6. The van der Waals surface area contributed by atoms with E-state index in [0.717, 1.165) is 45.4 Å². The molecule has 24 heavy (non-hydrogen) atoms. The van der Waals surface area contributed by atoms with Crippen molar-refractivity contribution in [3.05, 3.63) is 0 Å².